The predicted octanol–water partition coefficient (Wildman–Crippen LogP) is 4.70. The van der Waals surface area contributed by atoms with Gasteiger partial charge in [-0.1, -0.05) is 17.7 Å². The Bertz CT molecular complexity index is 324. The Hall–Kier alpha value is -0.0800. The van der Waals surface area contributed by atoms with Gasteiger partial charge in [0.1, 0.15) is 0 Å². The third kappa shape index (κ3) is 2.96. The average Bonchev–Trinajstić information content (AvgIpc) is 1.96. The molecule has 0 aliphatic heterocycles. The van der Waals surface area contributed by atoms with Gasteiger partial charge in [0.2, 0.25) is 0 Å². The molecule has 0 fully saturated rings. The lowest BCUT2D eigenvalue weighted by Crippen LogP contribution is -1.88. The van der Waals surface area contributed by atoms with Crippen molar-refractivity contribution in [1.82, 2.24) is 0 Å². The second kappa shape index (κ2) is 4.43. The van der Waals surface area contributed by atoms with Crippen LogP contribution >= 0.6 is 31.9 Å². The third-order valence-electron chi connectivity index (χ3n) is 1.99. The topological polar surface area (TPSA) is 0 Å². The van der Waals surface area contributed by atoms with E-state index in [-0.39, 0.29) is 0 Å². The minimum atomic E-state index is 0.982. The highest BCUT2D eigenvalue weighted by Crippen LogP contribution is 2.23. The Kier molecular flexibility index (Phi) is 3.74. The zero-order valence-corrected chi connectivity index (χ0v) is 11.2. The molecule has 0 nitrogen and oxygen atoms in total. The number of aryl methyl sites for hydroxylation is 3. The van der Waals surface area contributed by atoms with Gasteiger partial charge < -0.3 is 0 Å². The van der Waals surface area contributed by atoms with Crippen molar-refractivity contribution in [3.05, 3.63) is 37.8 Å². The SMILES string of the molecule is Cc1cc(C)c(C=C(Br)Br)c(C)c1. The van der Waals surface area contributed by atoms with Gasteiger partial charge in [0.15, 0.2) is 0 Å². The molecule has 0 aliphatic rings. The van der Waals surface area contributed by atoms with Crippen LogP contribution in [0.3, 0.4) is 0 Å². The van der Waals surface area contributed by atoms with Crippen molar-refractivity contribution in [3.8, 4) is 0 Å². The lowest BCUT2D eigenvalue weighted by Gasteiger charge is -2.06. The number of hydrogen-bond acceptors (Lipinski definition) is 0. The van der Waals surface area contributed by atoms with Crippen LogP contribution < -0.4 is 0 Å². The van der Waals surface area contributed by atoms with E-state index < -0.39 is 0 Å². The van der Waals surface area contributed by atoms with Crippen LogP contribution in [0.25, 0.3) is 6.08 Å². The molecule has 0 N–H and O–H groups in total. The van der Waals surface area contributed by atoms with Gasteiger partial charge in [-0.2, -0.15) is 0 Å². The second-order valence-electron chi connectivity index (χ2n) is 3.25. The van der Waals surface area contributed by atoms with Crippen molar-refractivity contribution in [3.63, 3.8) is 0 Å². The molecule has 0 bridgehead atoms. The zero-order valence-electron chi connectivity index (χ0n) is 7.99. The Labute approximate surface area is 96.3 Å². The number of rotatable bonds is 1. The van der Waals surface area contributed by atoms with E-state index >= 15 is 0 Å². The van der Waals surface area contributed by atoms with E-state index in [0.29, 0.717) is 0 Å². The van der Waals surface area contributed by atoms with Gasteiger partial charge in [-0.25, -0.2) is 0 Å². The average molecular weight is 304 g/mol. The summed E-state index contributed by atoms with van der Waals surface area (Å²) in [6, 6.07) is 4.39. The standard InChI is InChI=1S/C11H12Br2/c1-7-4-8(2)10(6-11(12)13)9(3)5-7/h4-6H,1-3H3. The molecule has 0 unspecified atom stereocenters. The van der Waals surface area contributed by atoms with Crippen molar-refractivity contribution < 1.29 is 0 Å². The van der Waals surface area contributed by atoms with E-state index in [2.05, 4.69) is 70.8 Å². The highest BCUT2D eigenvalue weighted by Gasteiger charge is 2.00. The number of hydrogen-bond donors (Lipinski definition) is 0. The molecule has 1 rings (SSSR count). The molecule has 0 radical (unpaired) electrons. The van der Waals surface area contributed by atoms with E-state index in [1.165, 1.54) is 22.3 Å². The highest BCUT2D eigenvalue weighted by molar-refractivity contribution is 9.28. The lowest BCUT2D eigenvalue weighted by atomic mass is 10.0. The highest BCUT2D eigenvalue weighted by atomic mass is 79.9. The van der Waals surface area contributed by atoms with Crippen LogP contribution in [0.1, 0.15) is 22.3 Å². The Balaban J connectivity index is 3.29. The summed E-state index contributed by atoms with van der Waals surface area (Å²) in [5, 5.41) is 0. The van der Waals surface area contributed by atoms with Crippen LogP contribution in [-0.4, -0.2) is 0 Å². The van der Waals surface area contributed by atoms with E-state index in [1.807, 2.05) is 0 Å². The Morgan fingerprint density at radius 1 is 1.08 bits per heavy atom. The first-order chi connectivity index (χ1) is 6.00. The molecule has 0 saturated carbocycles. The summed E-state index contributed by atoms with van der Waals surface area (Å²) >= 11 is 6.75. The smallest absolute Gasteiger partial charge is 0.0558 e. The monoisotopic (exact) mass is 302 g/mol. The van der Waals surface area contributed by atoms with Gasteiger partial charge in [0, 0.05) is 0 Å². The first-order valence-corrected chi connectivity index (χ1v) is 5.70. The zero-order chi connectivity index (χ0) is 10.0. The van der Waals surface area contributed by atoms with Crippen LogP contribution in [0.2, 0.25) is 0 Å². The van der Waals surface area contributed by atoms with Gasteiger partial charge >= 0.3 is 0 Å². The lowest BCUT2D eigenvalue weighted by molar-refractivity contribution is 1.30. The van der Waals surface area contributed by atoms with E-state index in [4.69, 9.17) is 0 Å². The molecule has 2 heteroatoms. The minimum absolute atomic E-state index is 0.982. The first-order valence-electron chi connectivity index (χ1n) is 4.11. The van der Waals surface area contributed by atoms with E-state index in [0.717, 1.165) is 3.39 Å². The molecular weight excluding hydrogens is 292 g/mol. The summed E-state index contributed by atoms with van der Waals surface area (Å²) in [6.07, 6.45) is 2.09. The molecule has 0 aliphatic carbocycles. The summed E-state index contributed by atoms with van der Waals surface area (Å²) in [4.78, 5) is 0. The van der Waals surface area contributed by atoms with Crippen LogP contribution in [0.4, 0.5) is 0 Å². The number of benzene rings is 1. The summed E-state index contributed by atoms with van der Waals surface area (Å²) in [7, 11) is 0. The largest absolute Gasteiger partial charge is 0.0610 e. The maximum Gasteiger partial charge on any atom is 0.0610 e. The molecule has 13 heavy (non-hydrogen) atoms. The molecule has 1 aromatic rings. The van der Waals surface area contributed by atoms with Crippen LogP contribution in [0.15, 0.2) is 15.5 Å². The quantitative estimate of drug-likeness (QED) is 0.705. The number of halogens is 2. The fraction of sp³-hybridized carbons (Fsp3) is 0.273. The maximum absolute atomic E-state index is 3.38. The molecular formula is C11H12Br2. The maximum atomic E-state index is 3.38. The normalized spacial score (nSPS) is 9.92. The summed E-state index contributed by atoms with van der Waals surface area (Å²) < 4.78 is 0.982. The summed E-state index contributed by atoms with van der Waals surface area (Å²) in [5.41, 5.74) is 5.23. The first kappa shape index (κ1) is 11.0. The summed E-state index contributed by atoms with van der Waals surface area (Å²) in [6.45, 7) is 6.39. The molecule has 1 aromatic carbocycles. The molecule has 0 heterocycles. The van der Waals surface area contributed by atoms with Gasteiger partial charge in [0.05, 0.1) is 3.39 Å². The molecule has 70 valence electrons. The van der Waals surface area contributed by atoms with Crippen LogP contribution in [-0.2, 0) is 0 Å². The van der Waals surface area contributed by atoms with Crippen LogP contribution in [0.5, 0.6) is 0 Å². The molecule has 0 amide bonds. The van der Waals surface area contributed by atoms with Gasteiger partial charge in [0.25, 0.3) is 0 Å². The van der Waals surface area contributed by atoms with Crippen molar-refractivity contribution in [2.24, 2.45) is 0 Å². The van der Waals surface area contributed by atoms with Gasteiger partial charge in [-0.05, 0) is 75.4 Å². The van der Waals surface area contributed by atoms with Crippen molar-refractivity contribution in [1.29, 1.82) is 0 Å². The van der Waals surface area contributed by atoms with E-state index in [1.54, 1.807) is 0 Å². The van der Waals surface area contributed by atoms with Gasteiger partial charge in [-0.15, -0.1) is 0 Å². The second-order valence-corrected chi connectivity index (χ2v) is 6.02. The van der Waals surface area contributed by atoms with Crippen LogP contribution in [0, 0.1) is 20.8 Å². The fourth-order valence-corrected chi connectivity index (χ4v) is 1.99. The summed E-state index contributed by atoms with van der Waals surface area (Å²) in [5.74, 6) is 0. The molecule has 0 aromatic heterocycles. The predicted molar refractivity (Wildman–Crippen MR) is 66.5 cm³/mol. The van der Waals surface area contributed by atoms with Crippen molar-refractivity contribution in [2.75, 3.05) is 0 Å². The third-order valence-corrected chi connectivity index (χ3v) is 2.45. The molecule has 0 spiro atoms. The Morgan fingerprint density at radius 2 is 1.54 bits per heavy atom. The molecule has 0 saturated heterocycles. The van der Waals surface area contributed by atoms with Gasteiger partial charge in [-0.3, -0.25) is 0 Å². The minimum Gasteiger partial charge on any atom is -0.0558 e. The fourth-order valence-electron chi connectivity index (χ4n) is 1.53. The Morgan fingerprint density at radius 3 is 1.92 bits per heavy atom. The van der Waals surface area contributed by atoms with Crippen molar-refractivity contribution in [2.45, 2.75) is 20.8 Å². The molecule has 0 atom stereocenters. The van der Waals surface area contributed by atoms with Crippen molar-refractivity contribution >= 4 is 37.9 Å². The van der Waals surface area contributed by atoms with E-state index in [9.17, 15) is 0 Å².